The summed E-state index contributed by atoms with van der Waals surface area (Å²) in [5, 5.41) is 0.429. The van der Waals surface area contributed by atoms with Crippen molar-refractivity contribution < 1.29 is 9.18 Å². The van der Waals surface area contributed by atoms with Gasteiger partial charge in [0.25, 0.3) is 0 Å². The number of carbonyl (C=O) groups is 1. The van der Waals surface area contributed by atoms with Crippen LogP contribution in [0, 0.1) is 5.82 Å². The molecule has 1 fully saturated rings. The van der Waals surface area contributed by atoms with E-state index in [9.17, 15) is 9.18 Å². The molecule has 1 aromatic carbocycles. The second-order valence-corrected chi connectivity index (χ2v) is 7.47. The first-order valence-electron chi connectivity index (χ1n) is 6.32. The minimum Gasteiger partial charge on any atom is -0.298 e. The van der Waals surface area contributed by atoms with Crippen molar-refractivity contribution in [2.75, 3.05) is 11.5 Å². The molecular weight excluding hydrogens is 303 g/mol. The van der Waals surface area contributed by atoms with E-state index in [4.69, 9.17) is 11.6 Å². The van der Waals surface area contributed by atoms with Gasteiger partial charge in [-0.15, -0.1) is 11.8 Å². The molecule has 0 aliphatic carbocycles. The lowest BCUT2D eigenvalue weighted by molar-refractivity contribution is -0.118. The van der Waals surface area contributed by atoms with Gasteiger partial charge in [-0.3, -0.25) is 4.79 Å². The maximum Gasteiger partial charge on any atom is 0.151 e. The average Bonchev–Trinajstić information content (AvgIpc) is 2.43. The maximum absolute atomic E-state index is 13.8. The zero-order chi connectivity index (χ0) is 13.8. The lowest BCUT2D eigenvalue weighted by atomic mass is 10.0. The number of benzene rings is 1. The Kier molecular flexibility index (Phi) is 5.60. The van der Waals surface area contributed by atoms with Crippen molar-refractivity contribution in [2.24, 2.45) is 0 Å². The Balaban J connectivity index is 2.09. The van der Waals surface area contributed by atoms with Gasteiger partial charge in [-0.25, -0.2) is 4.39 Å². The van der Waals surface area contributed by atoms with E-state index in [0.717, 1.165) is 17.9 Å². The van der Waals surface area contributed by atoms with Crippen LogP contribution >= 0.6 is 35.1 Å². The molecule has 1 nitrogen and oxygen atoms in total. The lowest BCUT2D eigenvalue weighted by Crippen LogP contribution is -2.33. The highest BCUT2D eigenvalue weighted by Crippen LogP contribution is 2.34. The molecule has 1 aliphatic heterocycles. The molecule has 5 heteroatoms. The summed E-state index contributed by atoms with van der Waals surface area (Å²) in [5.41, 5.74) is 0.406. The van der Waals surface area contributed by atoms with Crippen molar-refractivity contribution >= 4 is 40.9 Å². The summed E-state index contributed by atoms with van der Waals surface area (Å²) >= 11 is 9.31. The number of rotatable bonds is 4. The molecule has 19 heavy (non-hydrogen) atoms. The number of hydrogen-bond acceptors (Lipinski definition) is 3. The molecule has 0 saturated carbocycles. The molecule has 2 rings (SSSR count). The average molecular weight is 319 g/mol. The Morgan fingerprint density at radius 3 is 2.89 bits per heavy atom. The summed E-state index contributed by atoms with van der Waals surface area (Å²) in [6, 6.07) is 4.83. The monoisotopic (exact) mass is 318 g/mol. The molecule has 1 aromatic rings. The third-order valence-electron chi connectivity index (χ3n) is 3.17. The van der Waals surface area contributed by atoms with Crippen LogP contribution in [0.1, 0.15) is 18.9 Å². The van der Waals surface area contributed by atoms with Gasteiger partial charge in [-0.1, -0.05) is 30.7 Å². The number of carbonyl (C=O) groups excluding carboxylic acids is 1. The van der Waals surface area contributed by atoms with Crippen molar-refractivity contribution in [1.82, 2.24) is 0 Å². The first-order valence-corrected chi connectivity index (χ1v) is 8.79. The fraction of sp³-hybridized carbons (Fsp3) is 0.500. The van der Waals surface area contributed by atoms with E-state index >= 15 is 0 Å². The SMILES string of the molecule is CCC1SCCSC1C(=O)Cc1cccc(Cl)c1F. The van der Waals surface area contributed by atoms with E-state index in [1.54, 1.807) is 23.9 Å². The smallest absolute Gasteiger partial charge is 0.151 e. The fourth-order valence-electron chi connectivity index (χ4n) is 2.17. The van der Waals surface area contributed by atoms with Crippen molar-refractivity contribution in [3.05, 3.63) is 34.6 Å². The molecular formula is C14H16ClFOS2. The highest BCUT2D eigenvalue weighted by Gasteiger charge is 2.31. The topological polar surface area (TPSA) is 17.1 Å². The van der Waals surface area contributed by atoms with Gasteiger partial charge in [0.2, 0.25) is 0 Å². The summed E-state index contributed by atoms with van der Waals surface area (Å²) in [7, 11) is 0. The molecule has 0 spiro atoms. The summed E-state index contributed by atoms with van der Waals surface area (Å²) in [4.78, 5) is 12.4. The van der Waals surface area contributed by atoms with Crippen LogP contribution in [0.2, 0.25) is 5.02 Å². The standard InChI is InChI=1S/C14H16ClFOS2/c1-2-12-14(19-7-6-18-12)11(17)8-9-4-3-5-10(15)13(9)16/h3-5,12,14H,2,6-8H2,1H3. The minimum absolute atomic E-state index is 0.0119. The summed E-state index contributed by atoms with van der Waals surface area (Å²) in [6.45, 7) is 2.10. The molecule has 0 aromatic heterocycles. The van der Waals surface area contributed by atoms with E-state index in [1.807, 2.05) is 11.8 Å². The van der Waals surface area contributed by atoms with Crippen LogP contribution in [0.25, 0.3) is 0 Å². The number of halogens is 2. The first-order chi connectivity index (χ1) is 9.13. The lowest BCUT2D eigenvalue weighted by Gasteiger charge is -2.28. The molecule has 1 saturated heterocycles. The normalized spacial score (nSPS) is 23.3. The van der Waals surface area contributed by atoms with Gasteiger partial charge in [0.1, 0.15) is 5.82 Å². The Labute approximate surface area is 126 Å². The molecule has 0 radical (unpaired) electrons. The summed E-state index contributed by atoms with van der Waals surface area (Å²) in [6.07, 6.45) is 1.12. The van der Waals surface area contributed by atoms with Gasteiger partial charge in [0.05, 0.1) is 10.3 Å². The largest absolute Gasteiger partial charge is 0.298 e. The van der Waals surface area contributed by atoms with Crippen LogP contribution in [0.4, 0.5) is 4.39 Å². The highest BCUT2D eigenvalue weighted by atomic mass is 35.5. The van der Waals surface area contributed by atoms with Gasteiger partial charge in [0, 0.05) is 23.2 Å². The summed E-state index contributed by atoms with van der Waals surface area (Å²) in [5.74, 6) is 1.75. The van der Waals surface area contributed by atoms with Crippen molar-refractivity contribution in [3.8, 4) is 0 Å². The van der Waals surface area contributed by atoms with E-state index in [1.165, 1.54) is 6.07 Å². The Morgan fingerprint density at radius 1 is 1.42 bits per heavy atom. The first kappa shape index (κ1) is 15.2. The Hall–Kier alpha value is -0.190. The third-order valence-corrected chi connectivity index (χ3v) is 6.75. The van der Waals surface area contributed by atoms with Gasteiger partial charge in [-0.2, -0.15) is 11.8 Å². The van der Waals surface area contributed by atoms with Crippen LogP contribution in [0.3, 0.4) is 0 Å². The van der Waals surface area contributed by atoms with E-state index < -0.39 is 5.82 Å². The predicted octanol–water partition coefficient (Wildman–Crippen LogP) is 4.22. The van der Waals surface area contributed by atoms with Crippen LogP contribution in [0.15, 0.2) is 18.2 Å². The number of hydrogen-bond donors (Lipinski definition) is 0. The quantitative estimate of drug-likeness (QED) is 0.827. The minimum atomic E-state index is -0.459. The van der Waals surface area contributed by atoms with E-state index in [0.29, 0.717) is 10.8 Å². The second-order valence-electron chi connectivity index (χ2n) is 4.46. The Morgan fingerprint density at radius 2 is 2.16 bits per heavy atom. The van der Waals surface area contributed by atoms with E-state index in [-0.39, 0.29) is 22.5 Å². The van der Waals surface area contributed by atoms with Crippen LogP contribution in [-0.4, -0.2) is 27.8 Å². The van der Waals surface area contributed by atoms with Gasteiger partial charge in [0.15, 0.2) is 5.78 Å². The number of ketones is 1. The van der Waals surface area contributed by atoms with Crippen LogP contribution in [-0.2, 0) is 11.2 Å². The van der Waals surface area contributed by atoms with E-state index in [2.05, 4.69) is 6.92 Å². The predicted molar refractivity (Wildman–Crippen MR) is 82.9 cm³/mol. The number of thioether (sulfide) groups is 2. The number of Topliss-reactive ketones (excluding diaryl/α,β-unsaturated/α-hetero) is 1. The van der Waals surface area contributed by atoms with Gasteiger partial charge < -0.3 is 0 Å². The highest BCUT2D eigenvalue weighted by molar-refractivity contribution is 8.07. The van der Waals surface area contributed by atoms with Crippen LogP contribution < -0.4 is 0 Å². The van der Waals surface area contributed by atoms with Gasteiger partial charge >= 0.3 is 0 Å². The fourth-order valence-corrected chi connectivity index (χ4v) is 5.41. The molecule has 0 amide bonds. The van der Waals surface area contributed by atoms with Crippen molar-refractivity contribution in [3.63, 3.8) is 0 Å². The van der Waals surface area contributed by atoms with Crippen molar-refractivity contribution in [1.29, 1.82) is 0 Å². The zero-order valence-corrected chi connectivity index (χ0v) is 13.1. The second kappa shape index (κ2) is 7.00. The summed E-state index contributed by atoms with van der Waals surface area (Å²) < 4.78 is 13.8. The molecule has 2 unspecified atom stereocenters. The molecule has 0 N–H and O–H groups in total. The molecule has 0 bridgehead atoms. The van der Waals surface area contributed by atoms with Crippen molar-refractivity contribution in [2.45, 2.75) is 30.3 Å². The van der Waals surface area contributed by atoms with Crippen LogP contribution in [0.5, 0.6) is 0 Å². The van der Waals surface area contributed by atoms with Gasteiger partial charge in [-0.05, 0) is 18.1 Å². The molecule has 104 valence electrons. The maximum atomic E-state index is 13.8. The molecule has 1 heterocycles. The third kappa shape index (κ3) is 3.67. The zero-order valence-electron chi connectivity index (χ0n) is 10.7. The Bertz CT molecular complexity index is 467. The molecule has 1 aliphatic rings. The molecule has 2 atom stereocenters.